The van der Waals surface area contributed by atoms with E-state index in [0.717, 1.165) is 83.3 Å². The molecule has 0 radical (unpaired) electrons. The highest BCUT2D eigenvalue weighted by molar-refractivity contribution is 7.13. The van der Waals surface area contributed by atoms with Gasteiger partial charge in [-0.1, -0.05) is 87.7 Å². The standard InChI is InChI=1S/C73H96N8O16S/c1-47-67(98-46-75-47)51-25-21-49(22-26-51)41-74-69(84)58-40-55(82)43-81(58)71(86)68(73(2,3)4)76-64(83)45-95-35-34-94-33-32-93-31-30-79-42-54(77-78-79)44-96-56-19-15-18-52(37-56)59(27-23-48-24-28-60(88-5)61(36-48)89-6)97-72(87)57-20-13-14-29-80(57)70(85)65(50-16-11-10-12-17-50)53-38-62(90-7)66(92-9)63(39-53)91-8/h15,18-19,21-22,24-26,28,36-39,42,46,50,55,57-59,65,68,82H,10-14,16-17,20,23,27,29-35,40-41,43-45H2,1-9H3,(H,74,84)(H,76,83)/t55-,57?,58+,59?,65+,68-/m1/s1. The van der Waals surface area contributed by atoms with Crippen molar-refractivity contribution in [1.29, 1.82) is 0 Å². The van der Waals surface area contributed by atoms with Crippen LogP contribution in [0.15, 0.2) is 90.6 Å². The van der Waals surface area contributed by atoms with Gasteiger partial charge in [0.2, 0.25) is 29.4 Å². The zero-order valence-corrected chi connectivity index (χ0v) is 58.7. The number of esters is 1. The third kappa shape index (κ3) is 19.7. The van der Waals surface area contributed by atoms with E-state index in [0.29, 0.717) is 85.8 Å². The number of likely N-dealkylation sites (tertiary alicyclic amines) is 2. The Morgan fingerprint density at radius 3 is 2.09 bits per heavy atom. The number of rotatable bonds is 34. The minimum Gasteiger partial charge on any atom is -0.493 e. The fourth-order valence-corrected chi connectivity index (χ4v) is 13.9. The number of aliphatic hydroxyl groups is 1. The van der Waals surface area contributed by atoms with Gasteiger partial charge >= 0.3 is 5.97 Å². The van der Waals surface area contributed by atoms with Crippen molar-refractivity contribution in [3.8, 4) is 44.9 Å². The average molecular weight is 1370 g/mol. The predicted octanol–water partition coefficient (Wildman–Crippen LogP) is 9.15. The summed E-state index contributed by atoms with van der Waals surface area (Å²) in [4.78, 5) is 79.4. The van der Waals surface area contributed by atoms with Crippen LogP contribution in [0.2, 0.25) is 0 Å². The first kappa shape index (κ1) is 73.9. The van der Waals surface area contributed by atoms with Gasteiger partial charge in [-0.15, -0.1) is 16.4 Å². The zero-order chi connectivity index (χ0) is 69.7. The summed E-state index contributed by atoms with van der Waals surface area (Å²) in [5, 5.41) is 25.0. The molecule has 2 aliphatic heterocycles. The monoisotopic (exact) mass is 1370 g/mol. The van der Waals surface area contributed by atoms with Crippen LogP contribution in [0.1, 0.15) is 131 Å². The summed E-state index contributed by atoms with van der Waals surface area (Å²) in [6.07, 6.45) is 8.07. The second-order valence-corrected chi connectivity index (χ2v) is 26.9. The minimum absolute atomic E-state index is 0.0382. The Morgan fingerprint density at radius 1 is 0.714 bits per heavy atom. The van der Waals surface area contributed by atoms with Gasteiger partial charge < -0.3 is 72.9 Å². The number of nitrogens with zero attached hydrogens (tertiary/aromatic N) is 6. The second kappa shape index (κ2) is 35.9. The van der Waals surface area contributed by atoms with Crippen LogP contribution in [0.25, 0.3) is 10.4 Å². The number of thiazole rings is 1. The molecule has 6 aromatic rings. The summed E-state index contributed by atoms with van der Waals surface area (Å²) >= 11 is 1.56. The Kier molecular flexibility index (Phi) is 27.1. The summed E-state index contributed by atoms with van der Waals surface area (Å²) in [6, 6.07) is 22.1. The van der Waals surface area contributed by atoms with Crippen molar-refractivity contribution >= 4 is 40.9 Å². The van der Waals surface area contributed by atoms with E-state index in [9.17, 15) is 24.3 Å². The number of piperidine rings is 1. The number of amides is 4. The predicted molar refractivity (Wildman–Crippen MR) is 366 cm³/mol. The van der Waals surface area contributed by atoms with Crippen molar-refractivity contribution in [2.75, 3.05) is 88.3 Å². The lowest BCUT2D eigenvalue weighted by Gasteiger charge is -2.40. The van der Waals surface area contributed by atoms with Crippen molar-refractivity contribution in [1.82, 2.24) is 40.4 Å². The first-order valence-corrected chi connectivity index (χ1v) is 34.7. The molecule has 1 aliphatic carbocycles. The van der Waals surface area contributed by atoms with Gasteiger partial charge in [0.1, 0.15) is 48.9 Å². The van der Waals surface area contributed by atoms with Crippen LogP contribution in [0.3, 0.4) is 0 Å². The van der Waals surface area contributed by atoms with Gasteiger partial charge in [-0.2, -0.15) is 0 Å². The quantitative estimate of drug-likeness (QED) is 0.0251. The van der Waals surface area contributed by atoms with Gasteiger partial charge in [-0.3, -0.25) is 19.2 Å². The van der Waals surface area contributed by atoms with Crippen molar-refractivity contribution in [2.24, 2.45) is 11.3 Å². The van der Waals surface area contributed by atoms with E-state index < -0.39 is 59.5 Å². The highest BCUT2D eigenvalue weighted by atomic mass is 32.1. The van der Waals surface area contributed by atoms with E-state index in [1.807, 2.05) is 112 Å². The maximum Gasteiger partial charge on any atom is 0.329 e. The van der Waals surface area contributed by atoms with Crippen molar-refractivity contribution in [3.63, 3.8) is 0 Å². The van der Waals surface area contributed by atoms with Crippen LogP contribution in [0, 0.1) is 18.3 Å². The van der Waals surface area contributed by atoms with Gasteiger partial charge in [0, 0.05) is 26.1 Å². The Bertz CT molecular complexity index is 3560. The molecule has 4 heterocycles. The Morgan fingerprint density at radius 2 is 1.41 bits per heavy atom. The van der Waals surface area contributed by atoms with Gasteiger partial charge in [0.25, 0.3) is 0 Å². The molecule has 2 saturated heterocycles. The van der Waals surface area contributed by atoms with Crippen LogP contribution >= 0.6 is 11.3 Å². The molecule has 4 amide bonds. The summed E-state index contributed by atoms with van der Waals surface area (Å²) in [6.45, 7) is 9.45. The van der Waals surface area contributed by atoms with Crippen molar-refractivity contribution < 1.29 is 76.4 Å². The van der Waals surface area contributed by atoms with Crippen molar-refractivity contribution in [3.05, 3.63) is 124 Å². The molecule has 1 saturated carbocycles. The number of nitrogens with one attached hydrogen (secondary N) is 2. The summed E-state index contributed by atoms with van der Waals surface area (Å²) in [5.41, 5.74) is 6.97. The fourth-order valence-electron chi connectivity index (χ4n) is 13.1. The highest BCUT2D eigenvalue weighted by Crippen LogP contribution is 2.46. The molecule has 6 atom stereocenters. The number of carbonyl (C=O) groups excluding carboxylic acids is 5. The largest absolute Gasteiger partial charge is 0.493 e. The Labute approximate surface area is 578 Å². The lowest BCUT2D eigenvalue weighted by atomic mass is 9.75. The molecule has 3 fully saturated rings. The van der Waals surface area contributed by atoms with Crippen LogP contribution in [0.4, 0.5) is 0 Å². The van der Waals surface area contributed by atoms with E-state index in [1.54, 1.807) is 62.7 Å². The van der Waals surface area contributed by atoms with Crippen LogP contribution < -0.4 is 39.1 Å². The van der Waals surface area contributed by atoms with E-state index in [-0.39, 0.29) is 70.3 Å². The molecule has 2 aromatic heterocycles. The molecule has 2 unspecified atom stereocenters. The lowest BCUT2D eigenvalue weighted by molar-refractivity contribution is -0.163. The molecule has 25 heteroatoms. The van der Waals surface area contributed by atoms with Gasteiger partial charge in [0.05, 0.1) is 109 Å². The molecule has 98 heavy (non-hydrogen) atoms. The number of ether oxygens (including phenoxy) is 10. The number of methoxy groups -OCH3 is 5. The number of benzene rings is 4. The lowest BCUT2D eigenvalue weighted by Crippen LogP contribution is -2.58. The molecule has 0 spiro atoms. The molecule has 3 N–H and O–H groups in total. The van der Waals surface area contributed by atoms with E-state index in [2.05, 4.69) is 25.9 Å². The normalized spacial score (nSPS) is 17.5. The first-order valence-electron chi connectivity index (χ1n) is 33.8. The van der Waals surface area contributed by atoms with Crippen molar-refractivity contribution in [2.45, 2.75) is 154 Å². The number of aromatic nitrogens is 4. The van der Waals surface area contributed by atoms with Crippen LogP contribution in [-0.2, 0) is 69.0 Å². The van der Waals surface area contributed by atoms with Crippen LogP contribution in [-0.4, -0.2) is 177 Å². The van der Waals surface area contributed by atoms with Crippen LogP contribution in [0.5, 0.6) is 34.5 Å². The highest BCUT2D eigenvalue weighted by Gasteiger charge is 2.45. The third-order valence-electron chi connectivity index (χ3n) is 18.2. The Balaban J connectivity index is 0.724. The number of hydrogen-bond donors (Lipinski definition) is 3. The number of aliphatic hydroxyl groups excluding tert-OH is 1. The number of hydrogen-bond acceptors (Lipinski definition) is 20. The maximum absolute atomic E-state index is 15.3. The molecule has 0 bridgehead atoms. The number of carbonyl (C=O) groups is 5. The number of aryl methyl sites for hydroxylation is 2. The SMILES string of the molecule is COc1ccc(CCC(OC(=O)C2CCCCN2C(=O)[C@H](c2cc(OC)c(OC)c(OC)c2)C2CCCCC2)c2cccc(OCc3cn(CCOCCOCCOCC(=O)N[C@H](C(=O)N4C[C@H](O)C[C@H]4C(=O)NCc4ccc(-c5scnc5C)cc4)C(C)(C)C)nn3)c2)cc1OC. The topological polar surface area (TPSA) is 272 Å². The number of β-amino-alcohol motifs (C(OH)–C–C–N with tert-alkyl or cyclic N) is 1. The van der Waals surface area contributed by atoms with Gasteiger partial charge in [-0.05, 0) is 127 Å². The minimum atomic E-state index is -0.998. The molecule has 530 valence electrons. The van der Waals surface area contributed by atoms with E-state index in [1.165, 1.54) is 4.90 Å². The van der Waals surface area contributed by atoms with Gasteiger partial charge in [-0.25, -0.2) is 14.5 Å². The maximum atomic E-state index is 15.3. The second-order valence-electron chi connectivity index (χ2n) is 26.1. The average Bonchev–Trinajstić information content (AvgIpc) is 0.815. The molecule has 4 aromatic carbocycles. The van der Waals surface area contributed by atoms with Gasteiger partial charge in [0.15, 0.2) is 23.0 Å². The fraction of sp³-hybridized carbons (Fsp3) is 0.534. The molecule has 3 aliphatic rings. The van der Waals surface area contributed by atoms with E-state index >= 15 is 4.79 Å². The Hall–Kier alpha value is -8.36. The molecular formula is C73H96N8O16S. The smallest absolute Gasteiger partial charge is 0.329 e. The first-order chi connectivity index (χ1) is 47.4. The molecular weight excluding hydrogens is 1280 g/mol. The molecule has 9 rings (SSSR count). The summed E-state index contributed by atoms with van der Waals surface area (Å²) < 4.78 is 60.0. The van der Waals surface area contributed by atoms with E-state index in [4.69, 9.17) is 47.4 Å². The summed E-state index contributed by atoms with van der Waals surface area (Å²) in [7, 11) is 7.87. The third-order valence-corrected chi connectivity index (χ3v) is 19.2. The zero-order valence-electron chi connectivity index (χ0n) is 57.9. The summed E-state index contributed by atoms with van der Waals surface area (Å²) in [5.74, 6) is 0.688. The molecule has 24 nitrogen and oxygen atoms in total.